The second kappa shape index (κ2) is 6.61. The minimum atomic E-state index is 0.0288. The topological polar surface area (TPSA) is 21.3 Å². The number of halogens is 2. The van der Waals surface area contributed by atoms with E-state index in [0.29, 0.717) is 0 Å². The van der Waals surface area contributed by atoms with E-state index in [1.807, 2.05) is 38.2 Å². The largest absolute Gasteiger partial charge is 0.496 e. The van der Waals surface area contributed by atoms with Crippen LogP contribution >= 0.6 is 27.5 Å². The first-order valence-corrected chi connectivity index (χ1v) is 7.51. The Morgan fingerprint density at radius 1 is 1.20 bits per heavy atom. The van der Waals surface area contributed by atoms with Crippen molar-refractivity contribution in [3.63, 3.8) is 0 Å². The summed E-state index contributed by atoms with van der Waals surface area (Å²) in [6.07, 6.45) is 0. The first-order chi connectivity index (χ1) is 9.58. The average Bonchev–Trinajstić information content (AvgIpc) is 2.44. The predicted molar refractivity (Wildman–Crippen MR) is 87.8 cm³/mol. The highest BCUT2D eigenvalue weighted by Gasteiger charge is 2.19. The standard InChI is InChI=1S/C16H17BrClNO/c1-10-12(5-4-6-14(10)18)16(19-2)13-9-11(17)7-8-15(13)20-3/h4-9,16,19H,1-3H3. The molecule has 0 radical (unpaired) electrons. The molecule has 4 heteroatoms. The van der Waals surface area contributed by atoms with Crippen LogP contribution in [0, 0.1) is 6.92 Å². The number of nitrogens with one attached hydrogen (secondary N) is 1. The van der Waals surface area contributed by atoms with Crippen molar-refractivity contribution in [3.8, 4) is 5.75 Å². The Hall–Kier alpha value is -1.03. The van der Waals surface area contributed by atoms with Crippen molar-refractivity contribution in [2.75, 3.05) is 14.2 Å². The fourth-order valence-corrected chi connectivity index (χ4v) is 2.91. The quantitative estimate of drug-likeness (QED) is 0.857. The summed E-state index contributed by atoms with van der Waals surface area (Å²) in [6.45, 7) is 2.03. The second-order valence-corrected chi connectivity index (χ2v) is 5.88. The third-order valence-electron chi connectivity index (χ3n) is 3.41. The molecule has 2 aromatic rings. The lowest BCUT2D eigenvalue weighted by Gasteiger charge is -2.22. The summed E-state index contributed by atoms with van der Waals surface area (Å²) in [4.78, 5) is 0. The van der Waals surface area contributed by atoms with Gasteiger partial charge >= 0.3 is 0 Å². The molecule has 0 fully saturated rings. The van der Waals surface area contributed by atoms with Gasteiger partial charge in [0.2, 0.25) is 0 Å². The van der Waals surface area contributed by atoms with Gasteiger partial charge in [-0.05, 0) is 49.4 Å². The maximum Gasteiger partial charge on any atom is 0.124 e. The van der Waals surface area contributed by atoms with Gasteiger partial charge in [0.1, 0.15) is 5.75 Å². The monoisotopic (exact) mass is 353 g/mol. The molecule has 0 spiro atoms. The molecule has 0 aliphatic carbocycles. The van der Waals surface area contributed by atoms with Crippen molar-refractivity contribution in [2.24, 2.45) is 0 Å². The first-order valence-electron chi connectivity index (χ1n) is 6.34. The summed E-state index contributed by atoms with van der Waals surface area (Å²) < 4.78 is 6.50. The lowest BCUT2D eigenvalue weighted by Crippen LogP contribution is -2.19. The maximum atomic E-state index is 6.24. The minimum Gasteiger partial charge on any atom is -0.496 e. The van der Waals surface area contributed by atoms with Gasteiger partial charge in [0.25, 0.3) is 0 Å². The summed E-state index contributed by atoms with van der Waals surface area (Å²) in [6, 6.07) is 12.0. The molecule has 0 aromatic heterocycles. The molecular weight excluding hydrogens is 338 g/mol. The highest BCUT2D eigenvalue weighted by molar-refractivity contribution is 9.10. The smallest absolute Gasteiger partial charge is 0.124 e. The zero-order valence-corrected chi connectivity index (χ0v) is 14.0. The van der Waals surface area contributed by atoms with Gasteiger partial charge in [0, 0.05) is 15.1 Å². The summed E-state index contributed by atoms with van der Waals surface area (Å²) in [5, 5.41) is 4.12. The first kappa shape index (κ1) is 15.4. The van der Waals surface area contributed by atoms with Crippen molar-refractivity contribution in [1.29, 1.82) is 0 Å². The van der Waals surface area contributed by atoms with Crippen LogP contribution in [0.15, 0.2) is 40.9 Å². The highest BCUT2D eigenvalue weighted by Crippen LogP contribution is 2.35. The van der Waals surface area contributed by atoms with Gasteiger partial charge in [-0.3, -0.25) is 0 Å². The van der Waals surface area contributed by atoms with Crippen LogP contribution < -0.4 is 10.1 Å². The Kier molecular flexibility index (Phi) is 5.08. The van der Waals surface area contributed by atoms with Crippen LogP contribution in [0.4, 0.5) is 0 Å². The molecule has 2 aromatic carbocycles. The lowest BCUT2D eigenvalue weighted by atomic mass is 9.94. The van der Waals surface area contributed by atoms with Gasteiger partial charge < -0.3 is 10.1 Å². The van der Waals surface area contributed by atoms with Crippen molar-refractivity contribution in [3.05, 3.63) is 62.6 Å². The number of methoxy groups -OCH3 is 1. The van der Waals surface area contributed by atoms with E-state index in [2.05, 4.69) is 33.4 Å². The molecule has 1 unspecified atom stereocenters. The summed E-state index contributed by atoms with van der Waals surface area (Å²) in [5.74, 6) is 0.854. The average molecular weight is 355 g/mol. The number of hydrogen-bond donors (Lipinski definition) is 1. The molecule has 1 atom stereocenters. The molecule has 0 heterocycles. The van der Waals surface area contributed by atoms with E-state index in [4.69, 9.17) is 16.3 Å². The fraction of sp³-hybridized carbons (Fsp3) is 0.250. The van der Waals surface area contributed by atoms with E-state index in [9.17, 15) is 0 Å². The van der Waals surface area contributed by atoms with Crippen molar-refractivity contribution < 1.29 is 4.74 Å². The molecular formula is C16H17BrClNO. The van der Waals surface area contributed by atoms with E-state index < -0.39 is 0 Å². The van der Waals surface area contributed by atoms with E-state index in [0.717, 1.165) is 31.9 Å². The predicted octanol–water partition coefficient (Wildman–Crippen LogP) is 4.73. The second-order valence-electron chi connectivity index (χ2n) is 4.56. The van der Waals surface area contributed by atoms with E-state index >= 15 is 0 Å². The van der Waals surface area contributed by atoms with Gasteiger partial charge in [-0.2, -0.15) is 0 Å². The van der Waals surface area contributed by atoms with Gasteiger partial charge in [-0.1, -0.05) is 39.7 Å². The number of hydrogen-bond acceptors (Lipinski definition) is 2. The van der Waals surface area contributed by atoms with Crippen LogP contribution in [-0.4, -0.2) is 14.2 Å². The Morgan fingerprint density at radius 2 is 1.95 bits per heavy atom. The molecule has 0 saturated heterocycles. The normalized spacial score (nSPS) is 12.2. The number of ether oxygens (including phenoxy) is 1. The molecule has 1 N–H and O–H groups in total. The van der Waals surface area contributed by atoms with Crippen LogP contribution in [0.1, 0.15) is 22.7 Å². The molecule has 106 valence electrons. The van der Waals surface area contributed by atoms with Gasteiger partial charge in [0.15, 0.2) is 0 Å². The molecule has 0 saturated carbocycles. The summed E-state index contributed by atoms with van der Waals surface area (Å²) in [7, 11) is 3.62. The Morgan fingerprint density at radius 3 is 2.60 bits per heavy atom. The van der Waals surface area contributed by atoms with E-state index in [-0.39, 0.29) is 6.04 Å². The van der Waals surface area contributed by atoms with Crippen LogP contribution in [-0.2, 0) is 0 Å². The SMILES string of the molecule is CNC(c1cc(Br)ccc1OC)c1cccc(Cl)c1C. The van der Waals surface area contributed by atoms with Crippen LogP contribution in [0.25, 0.3) is 0 Å². The third kappa shape index (κ3) is 3.00. The zero-order chi connectivity index (χ0) is 14.7. The molecule has 2 nitrogen and oxygen atoms in total. The maximum absolute atomic E-state index is 6.24. The molecule has 2 rings (SSSR count). The zero-order valence-electron chi connectivity index (χ0n) is 11.7. The minimum absolute atomic E-state index is 0.0288. The Bertz CT molecular complexity index is 615. The van der Waals surface area contributed by atoms with Gasteiger partial charge in [-0.15, -0.1) is 0 Å². The fourth-order valence-electron chi connectivity index (χ4n) is 2.35. The summed E-state index contributed by atoms with van der Waals surface area (Å²) in [5.41, 5.74) is 3.31. The van der Waals surface area contributed by atoms with Crippen molar-refractivity contribution >= 4 is 27.5 Å². The van der Waals surface area contributed by atoms with Gasteiger partial charge in [0.05, 0.1) is 13.2 Å². The lowest BCUT2D eigenvalue weighted by molar-refractivity contribution is 0.405. The highest BCUT2D eigenvalue weighted by atomic mass is 79.9. The van der Waals surface area contributed by atoms with Crippen molar-refractivity contribution in [2.45, 2.75) is 13.0 Å². The molecule has 0 bridgehead atoms. The Labute approximate surface area is 133 Å². The molecule has 0 amide bonds. The van der Waals surface area contributed by atoms with Crippen LogP contribution in [0.5, 0.6) is 5.75 Å². The van der Waals surface area contributed by atoms with E-state index in [1.165, 1.54) is 0 Å². The van der Waals surface area contributed by atoms with Crippen molar-refractivity contribution in [1.82, 2.24) is 5.32 Å². The summed E-state index contributed by atoms with van der Waals surface area (Å²) >= 11 is 9.76. The van der Waals surface area contributed by atoms with Gasteiger partial charge in [-0.25, -0.2) is 0 Å². The Balaban J connectivity index is 2.58. The number of benzene rings is 2. The number of rotatable bonds is 4. The molecule has 20 heavy (non-hydrogen) atoms. The van der Waals surface area contributed by atoms with Crippen LogP contribution in [0.2, 0.25) is 5.02 Å². The van der Waals surface area contributed by atoms with Crippen LogP contribution in [0.3, 0.4) is 0 Å². The third-order valence-corrected chi connectivity index (χ3v) is 4.31. The molecule has 0 aliphatic heterocycles. The molecule has 0 aliphatic rings. The van der Waals surface area contributed by atoms with E-state index in [1.54, 1.807) is 7.11 Å².